The van der Waals surface area contributed by atoms with Crippen molar-refractivity contribution in [2.45, 2.75) is 24.3 Å². The summed E-state index contributed by atoms with van der Waals surface area (Å²) in [4.78, 5) is 9.98. The summed E-state index contributed by atoms with van der Waals surface area (Å²) in [5.74, 6) is 0.00419. The number of nitrogens with zero attached hydrogens (tertiary/aromatic N) is 1. The SMILES string of the molecule is COc1ccc(S(=O)(=O)NCCC(C)N)cc1[N+](=O)[O-].Cl. The Morgan fingerprint density at radius 2 is 2.10 bits per heavy atom. The summed E-state index contributed by atoms with van der Waals surface area (Å²) in [6.07, 6.45) is 0.470. The molecule has 0 saturated heterocycles. The standard InChI is InChI=1S/C11H17N3O5S.ClH/c1-8(12)5-6-13-20(17,18)9-3-4-11(19-2)10(7-9)14(15)16;/h3-4,7-8,13H,5-6,12H2,1-2H3;1H. The summed E-state index contributed by atoms with van der Waals surface area (Å²) in [6.45, 7) is 1.92. The second kappa shape index (κ2) is 8.13. The van der Waals surface area contributed by atoms with Crippen molar-refractivity contribution in [3.8, 4) is 5.75 Å². The molecule has 0 aromatic heterocycles. The van der Waals surface area contributed by atoms with Crippen molar-refractivity contribution in [3.05, 3.63) is 28.3 Å². The molecule has 8 nitrogen and oxygen atoms in total. The van der Waals surface area contributed by atoms with Crippen LogP contribution in [0.2, 0.25) is 0 Å². The molecule has 0 bridgehead atoms. The molecule has 0 radical (unpaired) electrons. The molecule has 1 aromatic carbocycles. The second-order valence-electron chi connectivity index (χ2n) is 4.25. The van der Waals surface area contributed by atoms with E-state index >= 15 is 0 Å². The van der Waals surface area contributed by atoms with E-state index in [0.29, 0.717) is 6.42 Å². The summed E-state index contributed by atoms with van der Waals surface area (Å²) >= 11 is 0. The Morgan fingerprint density at radius 3 is 2.57 bits per heavy atom. The number of nitro groups is 1. The smallest absolute Gasteiger partial charge is 0.312 e. The Morgan fingerprint density at radius 1 is 1.48 bits per heavy atom. The van der Waals surface area contributed by atoms with E-state index in [1.54, 1.807) is 6.92 Å². The maximum atomic E-state index is 12.0. The molecule has 120 valence electrons. The number of ether oxygens (including phenoxy) is 1. The average molecular weight is 340 g/mol. The lowest BCUT2D eigenvalue weighted by Gasteiger charge is -2.09. The van der Waals surface area contributed by atoms with Crippen molar-refractivity contribution < 1.29 is 18.1 Å². The van der Waals surface area contributed by atoms with Crippen molar-refractivity contribution >= 4 is 28.1 Å². The molecule has 1 unspecified atom stereocenters. The highest BCUT2D eigenvalue weighted by Crippen LogP contribution is 2.29. The van der Waals surface area contributed by atoms with Crippen LogP contribution >= 0.6 is 12.4 Å². The summed E-state index contributed by atoms with van der Waals surface area (Å²) in [6, 6.07) is 3.33. The topological polar surface area (TPSA) is 125 Å². The maximum Gasteiger partial charge on any atom is 0.312 e. The fraction of sp³-hybridized carbons (Fsp3) is 0.455. The Bertz CT molecular complexity index is 592. The Balaban J connectivity index is 0.00000400. The number of hydrogen-bond acceptors (Lipinski definition) is 6. The number of halogens is 1. The molecular formula is C11H18ClN3O5S. The molecule has 1 atom stereocenters. The molecule has 0 aliphatic carbocycles. The maximum absolute atomic E-state index is 12.0. The molecule has 0 amide bonds. The van der Waals surface area contributed by atoms with Crippen LogP contribution in [0.5, 0.6) is 5.75 Å². The van der Waals surface area contributed by atoms with Crippen LogP contribution in [-0.2, 0) is 10.0 Å². The van der Waals surface area contributed by atoms with Crippen LogP contribution in [0.1, 0.15) is 13.3 Å². The number of rotatable bonds is 7. The van der Waals surface area contributed by atoms with E-state index in [1.807, 2.05) is 0 Å². The van der Waals surface area contributed by atoms with Crippen molar-refractivity contribution in [2.24, 2.45) is 5.73 Å². The third-order valence-electron chi connectivity index (χ3n) is 2.55. The van der Waals surface area contributed by atoms with Crippen LogP contribution in [0, 0.1) is 10.1 Å². The van der Waals surface area contributed by atoms with Gasteiger partial charge in [-0.1, -0.05) is 0 Å². The molecule has 1 aromatic rings. The van der Waals surface area contributed by atoms with Gasteiger partial charge in [-0.25, -0.2) is 13.1 Å². The van der Waals surface area contributed by atoms with Crippen LogP contribution in [0.25, 0.3) is 0 Å². The zero-order valence-corrected chi connectivity index (χ0v) is 13.2. The van der Waals surface area contributed by atoms with E-state index in [4.69, 9.17) is 10.5 Å². The van der Waals surface area contributed by atoms with Gasteiger partial charge in [0.2, 0.25) is 10.0 Å². The fourth-order valence-corrected chi connectivity index (χ4v) is 2.55. The van der Waals surface area contributed by atoms with Crippen molar-refractivity contribution in [1.82, 2.24) is 4.72 Å². The predicted molar refractivity (Wildman–Crippen MR) is 80.4 cm³/mol. The molecule has 21 heavy (non-hydrogen) atoms. The van der Waals surface area contributed by atoms with Gasteiger partial charge in [-0.15, -0.1) is 12.4 Å². The van der Waals surface area contributed by atoms with Gasteiger partial charge in [-0.05, 0) is 25.5 Å². The molecule has 0 heterocycles. The molecule has 0 spiro atoms. The highest BCUT2D eigenvalue weighted by atomic mass is 35.5. The third-order valence-corrected chi connectivity index (χ3v) is 4.01. The fourth-order valence-electron chi connectivity index (χ4n) is 1.48. The van der Waals surface area contributed by atoms with Crippen LogP contribution < -0.4 is 15.2 Å². The molecule has 0 fully saturated rings. The van der Waals surface area contributed by atoms with E-state index < -0.39 is 20.6 Å². The van der Waals surface area contributed by atoms with Gasteiger partial charge in [-0.2, -0.15) is 0 Å². The number of nitro benzene ring substituents is 1. The van der Waals surface area contributed by atoms with Crippen LogP contribution in [-0.4, -0.2) is 33.0 Å². The van der Waals surface area contributed by atoms with Gasteiger partial charge in [-0.3, -0.25) is 10.1 Å². The second-order valence-corrected chi connectivity index (χ2v) is 6.02. The molecule has 0 saturated carbocycles. The molecule has 1 rings (SSSR count). The first-order valence-electron chi connectivity index (χ1n) is 5.85. The zero-order valence-electron chi connectivity index (χ0n) is 11.6. The first-order valence-corrected chi connectivity index (χ1v) is 7.34. The van der Waals surface area contributed by atoms with Gasteiger partial charge in [0.1, 0.15) is 0 Å². The number of sulfonamides is 1. The highest BCUT2D eigenvalue weighted by molar-refractivity contribution is 7.89. The minimum atomic E-state index is -3.80. The zero-order chi connectivity index (χ0) is 15.3. The van der Waals surface area contributed by atoms with Gasteiger partial charge in [0.05, 0.1) is 16.9 Å². The van der Waals surface area contributed by atoms with E-state index in [0.717, 1.165) is 6.07 Å². The molecule has 0 aliphatic heterocycles. The normalized spacial score (nSPS) is 12.3. The monoisotopic (exact) mass is 339 g/mol. The Labute approximate surface area is 129 Å². The summed E-state index contributed by atoms with van der Waals surface area (Å²) < 4.78 is 31.1. The summed E-state index contributed by atoms with van der Waals surface area (Å²) in [5.41, 5.74) is 5.12. The van der Waals surface area contributed by atoms with Gasteiger partial charge in [0.15, 0.2) is 5.75 Å². The lowest BCUT2D eigenvalue weighted by atomic mass is 10.3. The molecule has 10 heteroatoms. The average Bonchev–Trinajstić information content (AvgIpc) is 2.37. The predicted octanol–water partition coefficient (Wildman–Crippen LogP) is 1.04. The first-order chi connectivity index (χ1) is 9.27. The van der Waals surface area contributed by atoms with E-state index in [-0.39, 0.29) is 35.6 Å². The van der Waals surface area contributed by atoms with Gasteiger partial charge in [0, 0.05) is 18.7 Å². The third kappa shape index (κ3) is 5.46. The van der Waals surface area contributed by atoms with E-state index in [1.165, 1.54) is 19.2 Å². The van der Waals surface area contributed by atoms with Gasteiger partial charge >= 0.3 is 5.69 Å². The van der Waals surface area contributed by atoms with Crippen LogP contribution in [0.4, 0.5) is 5.69 Å². The largest absolute Gasteiger partial charge is 0.490 e. The summed E-state index contributed by atoms with van der Waals surface area (Å²) in [5, 5.41) is 10.9. The number of nitrogens with one attached hydrogen (secondary N) is 1. The van der Waals surface area contributed by atoms with Gasteiger partial charge < -0.3 is 10.5 Å². The van der Waals surface area contributed by atoms with E-state index in [9.17, 15) is 18.5 Å². The van der Waals surface area contributed by atoms with Crippen molar-refractivity contribution in [3.63, 3.8) is 0 Å². The van der Waals surface area contributed by atoms with Gasteiger partial charge in [0.25, 0.3) is 0 Å². The molecular weight excluding hydrogens is 322 g/mol. The molecule has 0 aliphatic rings. The van der Waals surface area contributed by atoms with Crippen LogP contribution in [0.15, 0.2) is 23.1 Å². The number of hydrogen-bond donors (Lipinski definition) is 2. The Kier molecular flexibility index (Phi) is 7.58. The first kappa shape index (κ1) is 19.6. The quantitative estimate of drug-likeness (QED) is 0.565. The lowest BCUT2D eigenvalue weighted by molar-refractivity contribution is -0.386. The van der Waals surface area contributed by atoms with E-state index in [2.05, 4.69) is 4.72 Å². The van der Waals surface area contributed by atoms with Crippen LogP contribution in [0.3, 0.4) is 0 Å². The lowest BCUT2D eigenvalue weighted by Crippen LogP contribution is -2.29. The number of nitrogens with two attached hydrogens (primary N) is 1. The minimum Gasteiger partial charge on any atom is -0.490 e. The summed E-state index contributed by atoms with van der Waals surface area (Å²) in [7, 11) is -2.53. The molecule has 3 N–H and O–H groups in total. The minimum absolute atomic E-state index is 0. The Hall–Kier alpha value is -1.42. The number of benzene rings is 1. The highest BCUT2D eigenvalue weighted by Gasteiger charge is 2.21. The number of methoxy groups -OCH3 is 1. The van der Waals surface area contributed by atoms with Crippen molar-refractivity contribution in [1.29, 1.82) is 0 Å². The van der Waals surface area contributed by atoms with Crippen molar-refractivity contribution in [2.75, 3.05) is 13.7 Å².